The molecule has 5 aliphatic rings. The Bertz CT molecular complexity index is 1590. The maximum atomic E-state index is 13.9. The summed E-state index contributed by atoms with van der Waals surface area (Å²) in [5, 5.41) is 9.79. The minimum Gasteiger partial charge on any atom is -0.372 e. The van der Waals surface area contributed by atoms with Gasteiger partial charge in [-0.25, -0.2) is 0 Å². The van der Waals surface area contributed by atoms with Crippen molar-refractivity contribution in [2.24, 2.45) is 13.0 Å². The number of hydrogen-bond acceptors (Lipinski definition) is 5. The highest BCUT2D eigenvalue weighted by Gasteiger charge is 2.48. The fourth-order valence-electron chi connectivity index (χ4n) is 7.45. The maximum Gasteiger partial charge on any atom is 0.279 e. The molecule has 2 bridgehead atoms. The van der Waals surface area contributed by atoms with Crippen molar-refractivity contribution in [3.05, 3.63) is 75.9 Å². The van der Waals surface area contributed by atoms with E-state index in [0.717, 1.165) is 60.6 Å². The molecule has 6 heterocycles. The van der Waals surface area contributed by atoms with Crippen LogP contribution in [0, 0.1) is 5.92 Å². The van der Waals surface area contributed by atoms with Crippen LogP contribution in [0.5, 0.6) is 0 Å². The fourth-order valence-corrected chi connectivity index (χ4v) is 7.45. The van der Waals surface area contributed by atoms with Crippen LogP contribution in [-0.2, 0) is 23.7 Å². The minimum absolute atomic E-state index is 0.0207. The SMILES string of the molecule is CC1CC(c2cccc(-n3cc(C4CC4)c4cc(CN5CC6CC(C5)O6)[nH]c4c3=O)c2)(c2nncn2C)C1. The Kier molecular flexibility index (Phi) is 4.86. The molecule has 2 aliphatic carbocycles. The molecule has 1 N–H and O–H groups in total. The number of aryl methyl sites for hydroxylation is 1. The largest absolute Gasteiger partial charge is 0.372 e. The highest BCUT2D eigenvalue weighted by atomic mass is 16.5. The first kappa shape index (κ1) is 22.7. The summed E-state index contributed by atoms with van der Waals surface area (Å²) in [5.41, 5.74) is 5.13. The smallest absolute Gasteiger partial charge is 0.279 e. The van der Waals surface area contributed by atoms with Crippen molar-refractivity contribution in [3.8, 4) is 5.69 Å². The van der Waals surface area contributed by atoms with Crippen molar-refractivity contribution in [2.45, 2.75) is 69.1 Å². The molecule has 2 saturated carbocycles. The van der Waals surface area contributed by atoms with Crippen LogP contribution in [0.1, 0.15) is 67.6 Å². The second-order valence-electron chi connectivity index (χ2n) is 12.3. The van der Waals surface area contributed by atoms with Gasteiger partial charge in [-0.1, -0.05) is 19.1 Å². The predicted octanol–water partition coefficient (Wildman–Crippen LogP) is 4.01. The third-order valence-corrected chi connectivity index (χ3v) is 9.34. The zero-order valence-electron chi connectivity index (χ0n) is 22.1. The molecule has 3 aliphatic heterocycles. The maximum absolute atomic E-state index is 13.9. The van der Waals surface area contributed by atoms with Gasteiger partial charge in [-0.2, -0.15) is 0 Å². The average Bonchev–Trinajstić information content (AvgIpc) is 3.49. The molecule has 196 valence electrons. The molecule has 4 aromatic rings. The van der Waals surface area contributed by atoms with Gasteiger partial charge in [0.1, 0.15) is 17.7 Å². The van der Waals surface area contributed by atoms with Crippen molar-refractivity contribution in [2.75, 3.05) is 13.1 Å². The zero-order valence-corrected chi connectivity index (χ0v) is 22.1. The van der Waals surface area contributed by atoms with Crippen molar-refractivity contribution in [1.82, 2.24) is 29.2 Å². The summed E-state index contributed by atoms with van der Waals surface area (Å²) in [7, 11) is 2.02. The average molecular weight is 511 g/mol. The number of aromatic amines is 1. The van der Waals surface area contributed by atoms with Crippen molar-refractivity contribution >= 4 is 10.9 Å². The van der Waals surface area contributed by atoms with Crippen LogP contribution in [0.25, 0.3) is 16.6 Å². The zero-order chi connectivity index (χ0) is 25.6. The molecule has 0 amide bonds. The Morgan fingerprint density at radius 2 is 1.95 bits per heavy atom. The van der Waals surface area contributed by atoms with Crippen LogP contribution in [0.3, 0.4) is 0 Å². The summed E-state index contributed by atoms with van der Waals surface area (Å²) >= 11 is 0. The van der Waals surface area contributed by atoms with Gasteiger partial charge in [0.15, 0.2) is 0 Å². The number of rotatable bonds is 6. The second-order valence-corrected chi connectivity index (χ2v) is 12.3. The molecule has 0 spiro atoms. The summed E-state index contributed by atoms with van der Waals surface area (Å²) < 4.78 is 9.73. The van der Waals surface area contributed by atoms with Crippen molar-refractivity contribution in [1.29, 1.82) is 0 Å². The first-order valence-corrected chi connectivity index (χ1v) is 14.1. The highest BCUT2D eigenvalue weighted by molar-refractivity contribution is 5.84. The third-order valence-electron chi connectivity index (χ3n) is 9.34. The predicted molar refractivity (Wildman–Crippen MR) is 145 cm³/mol. The number of piperidine rings is 1. The molecule has 1 aromatic carbocycles. The van der Waals surface area contributed by atoms with Gasteiger partial charge in [0.25, 0.3) is 5.56 Å². The molecule has 9 rings (SSSR count). The van der Waals surface area contributed by atoms with Crippen molar-refractivity contribution < 1.29 is 4.74 Å². The molecule has 2 unspecified atom stereocenters. The van der Waals surface area contributed by atoms with E-state index in [2.05, 4.69) is 63.5 Å². The van der Waals surface area contributed by atoms with Gasteiger partial charge < -0.3 is 14.3 Å². The summed E-state index contributed by atoms with van der Waals surface area (Å²) in [6, 6.07) is 10.8. The molecular weight excluding hydrogens is 476 g/mol. The van der Waals surface area contributed by atoms with E-state index in [1.165, 1.54) is 30.4 Å². The second kappa shape index (κ2) is 8.13. The first-order chi connectivity index (χ1) is 18.5. The number of nitrogens with one attached hydrogen (secondary N) is 1. The van der Waals surface area contributed by atoms with Gasteiger partial charge in [-0.05, 0) is 66.8 Å². The Balaban J connectivity index is 1.20. The summed E-state index contributed by atoms with van der Waals surface area (Å²) in [6.45, 7) is 5.08. The summed E-state index contributed by atoms with van der Waals surface area (Å²) in [4.78, 5) is 19.9. The molecule has 0 radical (unpaired) electrons. The summed E-state index contributed by atoms with van der Waals surface area (Å²) in [5.74, 6) is 2.17. The standard InChI is InChI=1S/C30H34N6O2/c1-18-11-30(12-18,29-33-31-17-34(29)2)20-4-3-5-22(8-20)36-16-26(19-6-7-19)25-9-21(32-27(25)28(36)37)13-35-14-23-10-24(15-35)38-23/h3-5,8-9,16-19,23-24,32H,6-7,10-15H2,1-2H3. The van der Waals surface area contributed by atoms with Crippen LogP contribution >= 0.6 is 0 Å². The lowest BCUT2D eigenvalue weighted by Crippen LogP contribution is -2.56. The van der Waals surface area contributed by atoms with E-state index in [1.807, 2.05) is 16.2 Å². The van der Waals surface area contributed by atoms with E-state index >= 15 is 0 Å². The van der Waals surface area contributed by atoms with Crippen LogP contribution in [0.2, 0.25) is 0 Å². The minimum atomic E-state index is -0.161. The van der Waals surface area contributed by atoms with E-state index in [0.29, 0.717) is 24.0 Å². The van der Waals surface area contributed by atoms with E-state index in [1.54, 1.807) is 6.33 Å². The Labute approximate surface area is 221 Å². The lowest BCUT2D eigenvalue weighted by Gasteiger charge is -2.47. The Morgan fingerprint density at radius 3 is 2.63 bits per heavy atom. The van der Waals surface area contributed by atoms with E-state index in [-0.39, 0.29) is 11.0 Å². The van der Waals surface area contributed by atoms with E-state index in [4.69, 9.17) is 4.74 Å². The number of ether oxygens (including phenoxy) is 1. The summed E-state index contributed by atoms with van der Waals surface area (Å²) in [6.07, 6.45) is 10.3. The fraction of sp³-hybridized carbons (Fsp3) is 0.500. The number of morpholine rings is 1. The topological polar surface area (TPSA) is 81.0 Å². The number of nitrogens with zero attached hydrogens (tertiary/aromatic N) is 5. The Hall–Kier alpha value is -3.23. The molecular formula is C30H34N6O2. The third kappa shape index (κ3) is 3.46. The monoisotopic (exact) mass is 510 g/mol. The van der Waals surface area contributed by atoms with Crippen LogP contribution in [-0.4, -0.2) is 54.5 Å². The molecule has 5 fully saturated rings. The molecule has 3 aromatic heterocycles. The first-order valence-electron chi connectivity index (χ1n) is 14.1. The molecule has 3 saturated heterocycles. The quantitative estimate of drug-likeness (QED) is 0.424. The highest BCUT2D eigenvalue weighted by Crippen LogP contribution is 2.51. The molecule has 38 heavy (non-hydrogen) atoms. The van der Waals surface area contributed by atoms with Gasteiger partial charge in [-0.15, -0.1) is 10.2 Å². The lowest BCUT2D eigenvalue weighted by molar-refractivity contribution is -0.182. The van der Waals surface area contributed by atoms with Gasteiger partial charge >= 0.3 is 0 Å². The normalized spacial score (nSPS) is 28.8. The molecule has 2 atom stereocenters. The lowest BCUT2D eigenvalue weighted by atomic mass is 9.58. The van der Waals surface area contributed by atoms with Gasteiger partial charge in [0.2, 0.25) is 0 Å². The number of pyridine rings is 1. The van der Waals surface area contributed by atoms with Crippen LogP contribution in [0.4, 0.5) is 0 Å². The Morgan fingerprint density at radius 1 is 1.16 bits per heavy atom. The van der Waals surface area contributed by atoms with E-state index < -0.39 is 0 Å². The van der Waals surface area contributed by atoms with Crippen LogP contribution < -0.4 is 5.56 Å². The van der Waals surface area contributed by atoms with Gasteiger partial charge in [-0.3, -0.25) is 14.3 Å². The van der Waals surface area contributed by atoms with Crippen LogP contribution in [0.15, 0.2) is 47.7 Å². The molecule has 8 nitrogen and oxygen atoms in total. The van der Waals surface area contributed by atoms with Crippen molar-refractivity contribution in [3.63, 3.8) is 0 Å². The number of hydrogen-bond donors (Lipinski definition) is 1. The van der Waals surface area contributed by atoms with Gasteiger partial charge in [0, 0.05) is 56.1 Å². The number of aromatic nitrogens is 5. The van der Waals surface area contributed by atoms with Gasteiger partial charge in [0.05, 0.1) is 17.6 Å². The number of fused-ring (bicyclic) bond motifs is 3. The number of benzene rings is 1. The number of H-pyrrole nitrogens is 1. The van der Waals surface area contributed by atoms with E-state index in [9.17, 15) is 4.79 Å². The molecule has 8 heteroatoms.